The molecule has 1 N–H and O–H groups in total. The molecule has 1 fully saturated rings. The monoisotopic (exact) mass is 261 g/mol. The van der Waals surface area contributed by atoms with Crippen LogP contribution in [0.15, 0.2) is 24.3 Å². The molecule has 3 heteroatoms. The number of methoxy groups -OCH3 is 1. The van der Waals surface area contributed by atoms with Gasteiger partial charge in [-0.1, -0.05) is 37.8 Å². The van der Waals surface area contributed by atoms with E-state index in [1.54, 1.807) is 7.11 Å². The zero-order chi connectivity index (χ0) is 13.5. The number of hydrogen-bond donors (Lipinski definition) is 1. The van der Waals surface area contributed by atoms with E-state index in [-0.39, 0.29) is 5.91 Å². The first-order chi connectivity index (χ1) is 9.28. The molecule has 0 saturated heterocycles. The molecule has 1 saturated carbocycles. The third-order valence-corrected chi connectivity index (χ3v) is 3.90. The first-order valence-corrected chi connectivity index (χ1v) is 7.17. The topological polar surface area (TPSA) is 38.3 Å². The van der Waals surface area contributed by atoms with Gasteiger partial charge in [0.2, 0.25) is 5.91 Å². The van der Waals surface area contributed by atoms with Crippen molar-refractivity contribution in [2.75, 3.05) is 7.11 Å². The minimum atomic E-state index is 0.169. The Hall–Kier alpha value is -1.51. The molecule has 1 amide bonds. The molecule has 0 radical (unpaired) electrons. The van der Waals surface area contributed by atoms with Crippen molar-refractivity contribution >= 4 is 5.91 Å². The number of carbonyl (C=O) groups excluding carboxylic acids is 1. The van der Waals surface area contributed by atoms with Crippen LogP contribution in [0.25, 0.3) is 0 Å². The van der Waals surface area contributed by atoms with Gasteiger partial charge in [0.15, 0.2) is 0 Å². The zero-order valence-electron chi connectivity index (χ0n) is 11.7. The van der Waals surface area contributed by atoms with E-state index in [1.807, 2.05) is 24.3 Å². The molecule has 0 spiro atoms. The van der Waals surface area contributed by atoms with E-state index in [0.717, 1.165) is 23.7 Å². The van der Waals surface area contributed by atoms with Crippen LogP contribution in [0, 0.1) is 5.92 Å². The Morgan fingerprint density at radius 1 is 1.26 bits per heavy atom. The Morgan fingerprint density at radius 2 is 1.95 bits per heavy atom. The third kappa shape index (κ3) is 4.58. The summed E-state index contributed by atoms with van der Waals surface area (Å²) in [6, 6.07) is 7.80. The molecule has 3 nitrogen and oxygen atoms in total. The predicted octanol–water partition coefficient (Wildman–Crippen LogP) is 3.28. The third-order valence-electron chi connectivity index (χ3n) is 3.90. The van der Waals surface area contributed by atoms with E-state index < -0.39 is 0 Å². The quantitative estimate of drug-likeness (QED) is 0.853. The number of hydrogen-bond acceptors (Lipinski definition) is 2. The zero-order valence-corrected chi connectivity index (χ0v) is 11.7. The number of rotatable bonds is 6. The summed E-state index contributed by atoms with van der Waals surface area (Å²) in [6.45, 7) is 0.605. The van der Waals surface area contributed by atoms with Crippen LogP contribution in [-0.2, 0) is 11.3 Å². The van der Waals surface area contributed by atoms with Gasteiger partial charge < -0.3 is 10.1 Å². The maximum absolute atomic E-state index is 11.8. The van der Waals surface area contributed by atoms with Gasteiger partial charge in [0.05, 0.1) is 7.11 Å². The summed E-state index contributed by atoms with van der Waals surface area (Å²) < 4.78 is 5.10. The summed E-state index contributed by atoms with van der Waals surface area (Å²) in [4.78, 5) is 11.8. The van der Waals surface area contributed by atoms with Gasteiger partial charge in [-0.3, -0.25) is 4.79 Å². The average Bonchev–Trinajstić information content (AvgIpc) is 2.96. The predicted molar refractivity (Wildman–Crippen MR) is 76.0 cm³/mol. The van der Waals surface area contributed by atoms with Crippen LogP contribution in [-0.4, -0.2) is 13.0 Å². The Labute approximate surface area is 115 Å². The number of ether oxygens (including phenoxy) is 1. The van der Waals surface area contributed by atoms with Crippen LogP contribution in [0.2, 0.25) is 0 Å². The van der Waals surface area contributed by atoms with Crippen molar-refractivity contribution in [2.45, 2.75) is 45.1 Å². The molecule has 0 bridgehead atoms. The molecule has 0 heterocycles. The standard InChI is InChI=1S/C16H23NO2/c1-19-15-9-6-14(7-10-15)12-17-16(18)11-8-13-4-2-3-5-13/h6-7,9-10,13H,2-5,8,11-12H2,1H3,(H,17,18). The van der Waals surface area contributed by atoms with Crippen molar-refractivity contribution in [1.29, 1.82) is 0 Å². The van der Waals surface area contributed by atoms with Gasteiger partial charge in [-0.05, 0) is 30.0 Å². The van der Waals surface area contributed by atoms with Crippen LogP contribution in [0.3, 0.4) is 0 Å². The van der Waals surface area contributed by atoms with Gasteiger partial charge in [-0.15, -0.1) is 0 Å². The van der Waals surface area contributed by atoms with E-state index in [9.17, 15) is 4.79 Å². The highest BCUT2D eigenvalue weighted by molar-refractivity contribution is 5.75. The van der Waals surface area contributed by atoms with Gasteiger partial charge in [0.1, 0.15) is 5.75 Å². The molecular weight excluding hydrogens is 238 g/mol. The average molecular weight is 261 g/mol. The fraction of sp³-hybridized carbons (Fsp3) is 0.562. The lowest BCUT2D eigenvalue weighted by Gasteiger charge is -2.09. The van der Waals surface area contributed by atoms with Crippen molar-refractivity contribution in [3.8, 4) is 5.75 Å². The second-order valence-corrected chi connectivity index (χ2v) is 5.31. The largest absolute Gasteiger partial charge is 0.497 e. The van der Waals surface area contributed by atoms with E-state index in [1.165, 1.54) is 25.7 Å². The summed E-state index contributed by atoms with van der Waals surface area (Å²) in [5.74, 6) is 1.80. The molecule has 1 aromatic carbocycles. The molecule has 19 heavy (non-hydrogen) atoms. The van der Waals surface area contributed by atoms with Crippen LogP contribution in [0.4, 0.5) is 0 Å². The lowest BCUT2D eigenvalue weighted by molar-refractivity contribution is -0.121. The summed E-state index contributed by atoms with van der Waals surface area (Å²) in [6.07, 6.45) is 7.03. The van der Waals surface area contributed by atoms with Gasteiger partial charge in [-0.2, -0.15) is 0 Å². The van der Waals surface area contributed by atoms with Crippen molar-refractivity contribution in [2.24, 2.45) is 5.92 Å². The second kappa shape index (κ2) is 7.17. The highest BCUT2D eigenvalue weighted by atomic mass is 16.5. The van der Waals surface area contributed by atoms with Crippen LogP contribution in [0.1, 0.15) is 44.1 Å². The molecule has 1 aliphatic rings. The lowest BCUT2D eigenvalue weighted by Crippen LogP contribution is -2.22. The smallest absolute Gasteiger partial charge is 0.220 e. The molecule has 0 aliphatic heterocycles. The fourth-order valence-electron chi connectivity index (χ4n) is 2.67. The van der Waals surface area contributed by atoms with E-state index in [0.29, 0.717) is 13.0 Å². The minimum Gasteiger partial charge on any atom is -0.497 e. The summed E-state index contributed by atoms with van der Waals surface area (Å²) >= 11 is 0. The Morgan fingerprint density at radius 3 is 2.58 bits per heavy atom. The summed E-state index contributed by atoms with van der Waals surface area (Å²) in [5.41, 5.74) is 1.11. The molecule has 1 aromatic rings. The summed E-state index contributed by atoms with van der Waals surface area (Å²) in [7, 11) is 1.65. The SMILES string of the molecule is COc1ccc(CNC(=O)CCC2CCCC2)cc1. The highest BCUT2D eigenvalue weighted by Crippen LogP contribution is 2.28. The van der Waals surface area contributed by atoms with Gasteiger partial charge in [0.25, 0.3) is 0 Å². The Bertz CT molecular complexity index is 394. The molecule has 0 unspecified atom stereocenters. The van der Waals surface area contributed by atoms with E-state index in [4.69, 9.17) is 4.74 Å². The van der Waals surface area contributed by atoms with Gasteiger partial charge in [0, 0.05) is 13.0 Å². The first kappa shape index (κ1) is 13.9. The molecule has 0 atom stereocenters. The van der Waals surface area contributed by atoms with Crippen LogP contribution in [0.5, 0.6) is 5.75 Å². The van der Waals surface area contributed by atoms with Gasteiger partial charge in [-0.25, -0.2) is 0 Å². The van der Waals surface area contributed by atoms with Crippen molar-refractivity contribution in [3.63, 3.8) is 0 Å². The highest BCUT2D eigenvalue weighted by Gasteiger charge is 2.15. The number of carbonyl (C=O) groups is 1. The van der Waals surface area contributed by atoms with E-state index >= 15 is 0 Å². The van der Waals surface area contributed by atoms with Gasteiger partial charge >= 0.3 is 0 Å². The molecular formula is C16H23NO2. The maximum Gasteiger partial charge on any atom is 0.220 e. The number of benzene rings is 1. The second-order valence-electron chi connectivity index (χ2n) is 5.31. The van der Waals surface area contributed by atoms with Crippen molar-refractivity contribution < 1.29 is 9.53 Å². The fourth-order valence-corrected chi connectivity index (χ4v) is 2.67. The summed E-state index contributed by atoms with van der Waals surface area (Å²) in [5, 5.41) is 2.98. The Kier molecular flexibility index (Phi) is 5.25. The van der Waals surface area contributed by atoms with Crippen LogP contribution < -0.4 is 10.1 Å². The first-order valence-electron chi connectivity index (χ1n) is 7.17. The lowest BCUT2D eigenvalue weighted by atomic mass is 10.0. The molecule has 1 aliphatic carbocycles. The minimum absolute atomic E-state index is 0.169. The van der Waals surface area contributed by atoms with Crippen molar-refractivity contribution in [3.05, 3.63) is 29.8 Å². The number of nitrogens with one attached hydrogen (secondary N) is 1. The van der Waals surface area contributed by atoms with Crippen molar-refractivity contribution in [1.82, 2.24) is 5.32 Å². The number of amides is 1. The van der Waals surface area contributed by atoms with E-state index in [2.05, 4.69) is 5.32 Å². The Balaban J connectivity index is 1.67. The van der Waals surface area contributed by atoms with Crippen LogP contribution >= 0.6 is 0 Å². The maximum atomic E-state index is 11.8. The molecule has 0 aromatic heterocycles. The molecule has 2 rings (SSSR count). The molecule has 104 valence electrons. The normalized spacial score (nSPS) is 15.4.